The van der Waals surface area contributed by atoms with Crippen molar-refractivity contribution in [3.8, 4) is 0 Å². The minimum absolute atomic E-state index is 0.0436. The second-order valence-corrected chi connectivity index (χ2v) is 5.37. The van der Waals surface area contributed by atoms with Crippen molar-refractivity contribution in [2.24, 2.45) is 0 Å². The number of ether oxygens (including phenoxy) is 1. The smallest absolute Gasteiger partial charge is 0.167 e. The standard InChI is InChI=1S/C15H20N2O2/c18-14(10-19-12-5-8-16-9-6-12)13-4-3-11-2-1-7-17-15(11)13/h1-2,7,12-13,16H,3-6,8-10H2. The normalized spacial score (nSPS) is 23.3. The van der Waals surface area contributed by atoms with Crippen molar-refractivity contribution >= 4 is 5.78 Å². The highest BCUT2D eigenvalue weighted by molar-refractivity contribution is 5.87. The second-order valence-electron chi connectivity index (χ2n) is 5.37. The van der Waals surface area contributed by atoms with Gasteiger partial charge in [0.1, 0.15) is 6.61 Å². The van der Waals surface area contributed by atoms with Crippen molar-refractivity contribution < 1.29 is 9.53 Å². The van der Waals surface area contributed by atoms with Crippen LogP contribution in [0.3, 0.4) is 0 Å². The summed E-state index contributed by atoms with van der Waals surface area (Å²) in [6.45, 7) is 2.23. The number of fused-ring (bicyclic) bond motifs is 1. The largest absolute Gasteiger partial charge is 0.370 e. The van der Waals surface area contributed by atoms with Gasteiger partial charge in [-0.1, -0.05) is 6.07 Å². The molecule has 4 heteroatoms. The molecule has 0 bridgehead atoms. The van der Waals surface area contributed by atoms with Crippen molar-refractivity contribution in [2.45, 2.75) is 37.7 Å². The number of hydrogen-bond acceptors (Lipinski definition) is 4. The van der Waals surface area contributed by atoms with Gasteiger partial charge in [0.15, 0.2) is 5.78 Å². The maximum atomic E-state index is 12.3. The predicted octanol–water partition coefficient (Wildman–Crippen LogP) is 1.45. The molecular formula is C15H20N2O2. The SMILES string of the molecule is O=C(COC1CCNCC1)C1CCc2cccnc21. The Bertz CT molecular complexity index is 455. The predicted molar refractivity (Wildman–Crippen MR) is 72.1 cm³/mol. The maximum absolute atomic E-state index is 12.3. The summed E-state index contributed by atoms with van der Waals surface area (Å²) in [5.41, 5.74) is 2.20. The first-order valence-electron chi connectivity index (χ1n) is 7.13. The molecule has 1 aromatic heterocycles. The number of piperidine rings is 1. The lowest BCUT2D eigenvalue weighted by atomic mass is 10.0. The molecule has 1 aromatic rings. The van der Waals surface area contributed by atoms with Gasteiger partial charge in [0.25, 0.3) is 0 Å². The highest BCUT2D eigenvalue weighted by atomic mass is 16.5. The minimum Gasteiger partial charge on any atom is -0.370 e. The van der Waals surface area contributed by atoms with Crippen LogP contribution in [0.4, 0.5) is 0 Å². The number of aromatic nitrogens is 1. The Morgan fingerprint density at radius 3 is 3.05 bits per heavy atom. The van der Waals surface area contributed by atoms with E-state index in [-0.39, 0.29) is 24.4 Å². The summed E-state index contributed by atoms with van der Waals surface area (Å²) in [6, 6.07) is 4.01. The van der Waals surface area contributed by atoms with Crippen LogP contribution in [0.2, 0.25) is 0 Å². The van der Waals surface area contributed by atoms with Crippen LogP contribution in [0.1, 0.15) is 36.4 Å². The van der Waals surface area contributed by atoms with Gasteiger partial charge in [0, 0.05) is 6.20 Å². The summed E-state index contributed by atoms with van der Waals surface area (Å²) in [5.74, 6) is 0.147. The average molecular weight is 260 g/mol. The van der Waals surface area contributed by atoms with Crippen LogP contribution in [0.25, 0.3) is 0 Å². The van der Waals surface area contributed by atoms with Gasteiger partial charge in [-0.15, -0.1) is 0 Å². The van der Waals surface area contributed by atoms with E-state index in [0.717, 1.165) is 44.5 Å². The van der Waals surface area contributed by atoms with Crippen LogP contribution in [-0.2, 0) is 16.0 Å². The Kier molecular flexibility index (Phi) is 3.89. The van der Waals surface area contributed by atoms with Crippen molar-refractivity contribution in [2.75, 3.05) is 19.7 Å². The monoisotopic (exact) mass is 260 g/mol. The van der Waals surface area contributed by atoms with Crippen LogP contribution < -0.4 is 5.32 Å². The van der Waals surface area contributed by atoms with Crippen LogP contribution in [0, 0.1) is 0 Å². The molecule has 1 aliphatic carbocycles. The van der Waals surface area contributed by atoms with Gasteiger partial charge in [-0.25, -0.2) is 0 Å². The molecular weight excluding hydrogens is 240 g/mol. The number of Topliss-reactive ketones (excluding diaryl/α,β-unsaturated/α-hetero) is 1. The summed E-state index contributed by atoms with van der Waals surface area (Å²) in [4.78, 5) is 16.6. The van der Waals surface area contributed by atoms with Crippen molar-refractivity contribution in [3.05, 3.63) is 29.6 Å². The number of hydrogen-bond donors (Lipinski definition) is 1. The molecule has 102 valence electrons. The highest BCUT2D eigenvalue weighted by Gasteiger charge is 2.30. The van der Waals surface area contributed by atoms with Crippen LogP contribution in [-0.4, -0.2) is 36.6 Å². The molecule has 0 saturated carbocycles. The molecule has 3 rings (SSSR count). The van der Waals surface area contributed by atoms with Crippen LogP contribution >= 0.6 is 0 Å². The lowest BCUT2D eigenvalue weighted by Gasteiger charge is -2.23. The Morgan fingerprint density at radius 1 is 1.37 bits per heavy atom. The van der Waals surface area contributed by atoms with Gasteiger partial charge in [-0.2, -0.15) is 0 Å². The van der Waals surface area contributed by atoms with E-state index in [0.29, 0.717) is 0 Å². The van der Waals surface area contributed by atoms with Crippen molar-refractivity contribution in [1.82, 2.24) is 10.3 Å². The minimum atomic E-state index is -0.0436. The van der Waals surface area contributed by atoms with E-state index in [4.69, 9.17) is 4.74 Å². The zero-order valence-corrected chi connectivity index (χ0v) is 11.1. The molecule has 2 heterocycles. The third-order valence-electron chi connectivity index (χ3n) is 4.09. The molecule has 4 nitrogen and oxygen atoms in total. The summed E-state index contributed by atoms with van der Waals surface area (Å²) < 4.78 is 5.75. The third kappa shape index (κ3) is 2.85. The van der Waals surface area contributed by atoms with E-state index in [9.17, 15) is 4.79 Å². The van der Waals surface area contributed by atoms with Crippen LogP contribution in [0.15, 0.2) is 18.3 Å². The first kappa shape index (κ1) is 12.8. The Labute approximate surface area is 113 Å². The number of carbonyl (C=O) groups is 1. The fourth-order valence-electron chi connectivity index (χ4n) is 2.99. The number of pyridine rings is 1. The number of aryl methyl sites for hydroxylation is 1. The first-order valence-corrected chi connectivity index (χ1v) is 7.13. The molecule has 1 aliphatic heterocycles. The lowest BCUT2D eigenvalue weighted by molar-refractivity contribution is -0.127. The van der Waals surface area contributed by atoms with E-state index in [1.807, 2.05) is 6.07 Å². The van der Waals surface area contributed by atoms with Gasteiger partial charge in [-0.3, -0.25) is 9.78 Å². The van der Waals surface area contributed by atoms with Gasteiger partial charge < -0.3 is 10.1 Å². The van der Waals surface area contributed by atoms with E-state index >= 15 is 0 Å². The van der Waals surface area contributed by atoms with E-state index in [2.05, 4.69) is 16.4 Å². The zero-order valence-electron chi connectivity index (χ0n) is 11.1. The highest BCUT2D eigenvalue weighted by Crippen LogP contribution is 2.31. The fourth-order valence-corrected chi connectivity index (χ4v) is 2.99. The second kappa shape index (κ2) is 5.80. The van der Waals surface area contributed by atoms with Gasteiger partial charge in [0.2, 0.25) is 0 Å². The molecule has 2 aliphatic rings. The van der Waals surface area contributed by atoms with E-state index in [1.54, 1.807) is 6.20 Å². The number of carbonyl (C=O) groups excluding carboxylic acids is 1. The summed E-state index contributed by atoms with van der Waals surface area (Å²) in [7, 11) is 0. The zero-order chi connectivity index (χ0) is 13.1. The Balaban J connectivity index is 1.56. The average Bonchev–Trinajstić information content (AvgIpc) is 2.90. The summed E-state index contributed by atoms with van der Waals surface area (Å²) in [6.07, 6.45) is 5.89. The quantitative estimate of drug-likeness (QED) is 0.890. The molecule has 0 spiro atoms. The maximum Gasteiger partial charge on any atom is 0.167 e. The molecule has 0 radical (unpaired) electrons. The molecule has 19 heavy (non-hydrogen) atoms. The Hall–Kier alpha value is -1.26. The fraction of sp³-hybridized carbons (Fsp3) is 0.600. The summed E-state index contributed by atoms with van der Waals surface area (Å²) in [5, 5.41) is 3.30. The molecule has 0 aromatic carbocycles. The Morgan fingerprint density at radius 2 is 2.21 bits per heavy atom. The number of rotatable bonds is 4. The molecule has 1 saturated heterocycles. The first-order chi connectivity index (χ1) is 9.34. The number of ketones is 1. The van der Waals surface area contributed by atoms with E-state index < -0.39 is 0 Å². The molecule has 1 fully saturated rings. The topological polar surface area (TPSA) is 51.2 Å². The third-order valence-corrected chi connectivity index (χ3v) is 4.09. The van der Waals surface area contributed by atoms with Crippen molar-refractivity contribution in [3.63, 3.8) is 0 Å². The van der Waals surface area contributed by atoms with E-state index in [1.165, 1.54) is 5.56 Å². The molecule has 1 atom stereocenters. The van der Waals surface area contributed by atoms with Gasteiger partial charge in [0.05, 0.1) is 17.7 Å². The lowest BCUT2D eigenvalue weighted by Crippen LogP contribution is -2.34. The molecule has 1 unspecified atom stereocenters. The number of nitrogens with zero attached hydrogens (tertiary/aromatic N) is 1. The van der Waals surface area contributed by atoms with Gasteiger partial charge >= 0.3 is 0 Å². The van der Waals surface area contributed by atoms with Crippen LogP contribution in [0.5, 0.6) is 0 Å². The molecule has 0 amide bonds. The summed E-state index contributed by atoms with van der Waals surface area (Å²) >= 11 is 0. The molecule has 1 N–H and O–H groups in total. The van der Waals surface area contributed by atoms with Crippen molar-refractivity contribution in [1.29, 1.82) is 0 Å². The van der Waals surface area contributed by atoms with Gasteiger partial charge in [-0.05, 0) is 50.4 Å². The number of nitrogens with one attached hydrogen (secondary N) is 1.